The lowest BCUT2D eigenvalue weighted by Crippen LogP contribution is -2.59. The van der Waals surface area contributed by atoms with Crippen molar-refractivity contribution in [2.45, 2.75) is 94.4 Å². The summed E-state index contributed by atoms with van der Waals surface area (Å²) in [6.45, 7) is 9.34. The van der Waals surface area contributed by atoms with Crippen LogP contribution in [0.4, 0.5) is 11.6 Å². The molecule has 1 aliphatic heterocycles. The number of thioether (sulfide) groups is 1. The number of hydrogen-bond donors (Lipinski definition) is 1. The third-order valence-corrected chi connectivity index (χ3v) is 10.6. The number of aryl methyl sites for hydroxylation is 1. The number of hydrogen-bond acceptors (Lipinski definition) is 6. The Morgan fingerprint density at radius 2 is 1.84 bits per heavy atom. The number of benzene rings is 1. The Balaban J connectivity index is 1.14. The first-order valence-electron chi connectivity index (χ1n) is 14.2. The van der Waals surface area contributed by atoms with Crippen molar-refractivity contribution in [2.75, 3.05) is 18.4 Å². The number of nitrogens with one attached hydrogen (secondary N) is 1. The van der Waals surface area contributed by atoms with Gasteiger partial charge in [-0.05, 0) is 94.5 Å². The van der Waals surface area contributed by atoms with Gasteiger partial charge in [-0.1, -0.05) is 24.4 Å². The Labute approximate surface area is 234 Å². The van der Waals surface area contributed by atoms with Crippen LogP contribution in [0.2, 0.25) is 5.02 Å². The van der Waals surface area contributed by atoms with E-state index in [4.69, 9.17) is 16.6 Å². The Morgan fingerprint density at radius 1 is 1.11 bits per heavy atom. The Kier molecular flexibility index (Phi) is 7.21. The molecule has 0 bridgehead atoms. The van der Waals surface area contributed by atoms with Crippen LogP contribution in [0.25, 0.3) is 11.0 Å². The molecule has 0 atom stereocenters. The second kappa shape index (κ2) is 10.5. The maximum absolute atomic E-state index is 12.9. The lowest BCUT2D eigenvalue weighted by atomic mass is 9.68. The van der Waals surface area contributed by atoms with Gasteiger partial charge in [0.25, 0.3) is 5.56 Å². The molecule has 2 aromatic heterocycles. The number of fused-ring (bicyclic) bond motifs is 1. The van der Waals surface area contributed by atoms with Crippen molar-refractivity contribution in [3.8, 4) is 0 Å². The first kappa shape index (κ1) is 26.1. The van der Waals surface area contributed by atoms with E-state index in [1.807, 2.05) is 11.8 Å². The van der Waals surface area contributed by atoms with E-state index in [-0.39, 0.29) is 16.6 Å². The number of likely N-dealkylation sites (tertiary alicyclic amines) is 1. The van der Waals surface area contributed by atoms with Crippen LogP contribution in [-0.2, 0) is 0 Å². The van der Waals surface area contributed by atoms with Crippen LogP contribution in [0.15, 0.2) is 40.2 Å². The zero-order chi connectivity index (χ0) is 26.4. The first-order valence-corrected chi connectivity index (χ1v) is 15.4. The number of pyridine rings is 1. The Morgan fingerprint density at radius 3 is 2.53 bits per heavy atom. The second-order valence-corrected chi connectivity index (χ2v) is 13.8. The fraction of sp³-hybridized carbons (Fsp3) is 0.567. The molecule has 0 unspecified atom stereocenters. The summed E-state index contributed by atoms with van der Waals surface area (Å²) < 4.78 is 1.79. The molecule has 3 aliphatic rings. The van der Waals surface area contributed by atoms with Crippen molar-refractivity contribution in [3.63, 3.8) is 0 Å². The van der Waals surface area contributed by atoms with E-state index in [0.717, 1.165) is 36.8 Å². The number of rotatable bonds is 6. The molecule has 2 aliphatic carbocycles. The quantitative estimate of drug-likeness (QED) is 0.345. The van der Waals surface area contributed by atoms with Gasteiger partial charge in [0.15, 0.2) is 0 Å². The van der Waals surface area contributed by atoms with Gasteiger partial charge in [0.1, 0.15) is 10.7 Å². The minimum Gasteiger partial charge on any atom is -0.324 e. The molecule has 2 saturated carbocycles. The van der Waals surface area contributed by atoms with Crippen LogP contribution >= 0.6 is 23.4 Å². The van der Waals surface area contributed by atoms with Crippen LogP contribution < -0.4 is 10.9 Å². The molecule has 8 heteroatoms. The monoisotopic (exact) mass is 551 g/mol. The lowest BCUT2D eigenvalue weighted by Gasteiger charge is -2.55. The number of aromatic nitrogens is 3. The molecule has 202 valence electrons. The van der Waals surface area contributed by atoms with E-state index in [1.165, 1.54) is 49.2 Å². The lowest BCUT2D eigenvalue weighted by molar-refractivity contribution is -0.0455. The molecule has 3 aromatic rings. The van der Waals surface area contributed by atoms with Gasteiger partial charge in [-0.15, -0.1) is 11.8 Å². The standard InChI is InChI=1S/C30H38ClN5OS/c1-19(2)35-17-30(18-35)12-10-23(11-13-30)38-24-8-9-26(20(3)14-24)33-29-32-16-21-15-25(31)28(37)36(27(21)34-29)22-6-4-5-7-22/h8-9,14-16,19,22-23H,4-7,10-13,17-18H2,1-3H3,(H,32,33,34). The minimum atomic E-state index is -0.156. The summed E-state index contributed by atoms with van der Waals surface area (Å²) in [5.41, 5.74) is 3.26. The highest BCUT2D eigenvalue weighted by atomic mass is 35.5. The Bertz CT molecular complexity index is 1380. The predicted octanol–water partition coefficient (Wildman–Crippen LogP) is 7.36. The number of anilines is 2. The average molecular weight is 552 g/mol. The predicted molar refractivity (Wildman–Crippen MR) is 158 cm³/mol. The summed E-state index contributed by atoms with van der Waals surface area (Å²) in [5, 5.41) is 5.13. The van der Waals surface area contributed by atoms with Gasteiger partial charge in [0, 0.05) is 52.6 Å². The average Bonchev–Trinajstić information content (AvgIpc) is 3.40. The van der Waals surface area contributed by atoms with E-state index >= 15 is 0 Å². The molecule has 3 fully saturated rings. The summed E-state index contributed by atoms with van der Waals surface area (Å²) in [7, 11) is 0. The van der Waals surface area contributed by atoms with Gasteiger partial charge < -0.3 is 5.32 Å². The fourth-order valence-corrected chi connectivity index (χ4v) is 8.09. The van der Waals surface area contributed by atoms with Crippen molar-refractivity contribution >= 4 is 46.0 Å². The van der Waals surface area contributed by atoms with Gasteiger partial charge in [-0.2, -0.15) is 4.98 Å². The maximum Gasteiger partial charge on any atom is 0.271 e. The molecule has 6 nitrogen and oxygen atoms in total. The third-order valence-electron chi connectivity index (χ3n) is 8.97. The Hall–Kier alpha value is -2.09. The third kappa shape index (κ3) is 5.09. The van der Waals surface area contributed by atoms with Crippen LogP contribution in [0, 0.1) is 12.3 Å². The zero-order valence-corrected chi connectivity index (χ0v) is 24.2. The SMILES string of the molecule is Cc1cc(SC2CCC3(CC2)CN(C(C)C)C3)ccc1Nc1ncc2cc(Cl)c(=O)n(C3CCCC3)c2n1. The summed E-state index contributed by atoms with van der Waals surface area (Å²) in [6, 6.07) is 9.13. The van der Waals surface area contributed by atoms with Crippen molar-refractivity contribution in [3.05, 3.63) is 51.4 Å². The van der Waals surface area contributed by atoms with Crippen LogP contribution in [0.3, 0.4) is 0 Å². The van der Waals surface area contributed by atoms with Gasteiger partial charge in [0.2, 0.25) is 5.95 Å². The highest BCUT2D eigenvalue weighted by Gasteiger charge is 2.45. The van der Waals surface area contributed by atoms with Crippen LogP contribution in [0.5, 0.6) is 0 Å². The zero-order valence-electron chi connectivity index (χ0n) is 22.7. The second-order valence-electron chi connectivity index (χ2n) is 12.0. The largest absolute Gasteiger partial charge is 0.324 e. The van der Waals surface area contributed by atoms with Crippen molar-refractivity contribution in [1.29, 1.82) is 0 Å². The van der Waals surface area contributed by atoms with E-state index in [0.29, 0.717) is 28.3 Å². The molecule has 1 saturated heterocycles. The summed E-state index contributed by atoms with van der Waals surface area (Å²) in [4.78, 5) is 26.2. The van der Waals surface area contributed by atoms with Crippen molar-refractivity contribution in [2.24, 2.45) is 5.41 Å². The van der Waals surface area contributed by atoms with Crippen LogP contribution in [-0.4, -0.2) is 43.8 Å². The molecule has 6 rings (SSSR count). The molecule has 38 heavy (non-hydrogen) atoms. The number of halogens is 1. The van der Waals surface area contributed by atoms with Gasteiger partial charge in [-0.3, -0.25) is 14.3 Å². The molecular weight excluding hydrogens is 514 g/mol. The normalized spacial score (nSPS) is 20.4. The van der Waals surface area contributed by atoms with Crippen molar-refractivity contribution in [1.82, 2.24) is 19.4 Å². The summed E-state index contributed by atoms with van der Waals surface area (Å²) in [5.74, 6) is 0.503. The molecule has 0 amide bonds. The summed E-state index contributed by atoms with van der Waals surface area (Å²) >= 11 is 8.31. The minimum absolute atomic E-state index is 0.151. The molecule has 1 N–H and O–H groups in total. The molecule has 1 spiro atoms. The van der Waals surface area contributed by atoms with E-state index in [2.05, 4.69) is 54.2 Å². The van der Waals surface area contributed by atoms with E-state index in [1.54, 1.807) is 16.8 Å². The first-order chi connectivity index (χ1) is 18.3. The molecule has 3 heterocycles. The van der Waals surface area contributed by atoms with Gasteiger partial charge >= 0.3 is 0 Å². The fourth-order valence-electron chi connectivity index (χ4n) is 6.63. The van der Waals surface area contributed by atoms with Crippen molar-refractivity contribution < 1.29 is 0 Å². The molecule has 1 aromatic carbocycles. The highest BCUT2D eigenvalue weighted by molar-refractivity contribution is 8.00. The molecular formula is C30H38ClN5OS. The number of nitrogens with zero attached hydrogens (tertiary/aromatic N) is 4. The van der Waals surface area contributed by atoms with Gasteiger partial charge in [0.05, 0.1) is 0 Å². The smallest absolute Gasteiger partial charge is 0.271 e. The summed E-state index contributed by atoms with van der Waals surface area (Å²) in [6.07, 6.45) is 11.3. The topological polar surface area (TPSA) is 63.1 Å². The maximum atomic E-state index is 12.9. The van der Waals surface area contributed by atoms with Crippen LogP contribution in [0.1, 0.15) is 76.8 Å². The van der Waals surface area contributed by atoms with E-state index in [9.17, 15) is 4.79 Å². The highest BCUT2D eigenvalue weighted by Crippen LogP contribution is 2.48. The van der Waals surface area contributed by atoms with Gasteiger partial charge in [-0.25, -0.2) is 4.98 Å². The molecule has 0 radical (unpaired) electrons. The van der Waals surface area contributed by atoms with E-state index < -0.39 is 0 Å².